The third kappa shape index (κ3) is 5.20. The quantitative estimate of drug-likeness (QED) is 0.776. The topological polar surface area (TPSA) is 32.3 Å². The van der Waals surface area contributed by atoms with Gasteiger partial charge >= 0.3 is 0 Å². The maximum absolute atomic E-state index is 12.1. The summed E-state index contributed by atoms with van der Waals surface area (Å²) in [5.74, 6) is 0.535. The van der Waals surface area contributed by atoms with E-state index in [1.807, 2.05) is 38.4 Å². The van der Waals surface area contributed by atoms with Gasteiger partial charge in [0.05, 0.1) is 0 Å². The molecule has 3 heteroatoms. The molecule has 0 aliphatic carbocycles. The molecule has 0 radical (unpaired) electrons. The van der Waals surface area contributed by atoms with E-state index >= 15 is 0 Å². The van der Waals surface area contributed by atoms with Crippen molar-refractivity contribution < 1.29 is 4.79 Å². The normalized spacial score (nSPS) is 11.1. The summed E-state index contributed by atoms with van der Waals surface area (Å²) >= 11 is 0. The van der Waals surface area contributed by atoms with Crippen molar-refractivity contribution in [2.24, 2.45) is 0 Å². The standard InChI is InChI=1S/C21H28N2O/c1-16(2)17-6-8-18(9-7-17)19-10-12-20(13-11-19)21(24)22-14-5-15-23(3)4/h6-13,16H,5,14-15H2,1-4H3,(H,22,24). The van der Waals surface area contributed by atoms with Crippen LogP contribution in [-0.2, 0) is 0 Å². The maximum atomic E-state index is 12.1. The van der Waals surface area contributed by atoms with Crippen LogP contribution < -0.4 is 5.32 Å². The van der Waals surface area contributed by atoms with Gasteiger partial charge in [0, 0.05) is 12.1 Å². The number of nitrogens with one attached hydrogen (secondary N) is 1. The fourth-order valence-electron chi connectivity index (χ4n) is 2.57. The van der Waals surface area contributed by atoms with E-state index in [4.69, 9.17) is 0 Å². The van der Waals surface area contributed by atoms with Crippen LogP contribution >= 0.6 is 0 Å². The van der Waals surface area contributed by atoms with E-state index in [-0.39, 0.29) is 5.91 Å². The minimum absolute atomic E-state index is 0.00420. The molecule has 0 aliphatic heterocycles. The number of hydrogen-bond donors (Lipinski definition) is 1. The summed E-state index contributed by atoms with van der Waals surface area (Å²) in [6.07, 6.45) is 0.957. The highest BCUT2D eigenvalue weighted by Crippen LogP contribution is 2.23. The highest BCUT2D eigenvalue weighted by atomic mass is 16.1. The van der Waals surface area contributed by atoms with Gasteiger partial charge in [-0.05, 0) is 61.8 Å². The number of carbonyl (C=O) groups excluding carboxylic acids is 1. The van der Waals surface area contributed by atoms with E-state index in [0.717, 1.165) is 18.5 Å². The molecule has 0 unspecified atom stereocenters. The van der Waals surface area contributed by atoms with E-state index in [2.05, 4.69) is 48.3 Å². The first-order valence-corrected chi connectivity index (χ1v) is 8.60. The number of benzene rings is 2. The first-order chi connectivity index (χ1) is 11.5. The summed E-state index contributed by atoms with van der Waals surface area (Å²) < 4.78 is 0. The molecule has 0 aliphatic rings. The van der Waals surface area contributed by atoms with Gasteiger partial charge in [0.25, 0.3) is 5.91 Å². The van der Waals surface area contributed by atoms with Gasteiger partial charge in [-0.3, -0.25) is 4.79 Å². The molecule has 0 heterocycles. The van der Waals surface area contributed by atoms with Gasteiger partial charge in [0.15, 0.2) is 0 Å². The molecule has 0 spiro atoms. The third-order valence-corrected chi connectivity index (χ3v) is 4.13. The van der Waals surface area contributed by atoms with Gasteiger partial charge in [-0.1, -0.05) is 50.2 Å². The second-order valence-corrected chi connectivity index (χ2v) is 6.77. The monoisotopic (exact) mass is 324 g/mol. The molecular weight excluding hydrogens is 296 g/mol. The Bertz CT molecular complexity index is 643. The zero-order valence-corrected chi connectivity index (χ0v) is 15.2. The molecule has 24 heavy (non-hydrogen) atoms. The molecule has 0 bridgehead atoms. The summed E-state index contributed by atoms with van der Waals surface area (Å²) in [6.45, 7) is 6.07. The molecule has 0 fully saturated rings. The first-order valence-electron chi connectivity index (χ1n) is 8.60. The SMILES string of the molecule is CC(C)c1ccc(-c2ccc(C(=O)NCCCN(C)C)cc2)cc1. The van der Waals surface area contributed by atoms with E-state index in [1.54, 1.807) is 0 Å². The van der Waals surface area contributed by atoms with Gasteiger partial charge in [-0.15, -0.1) is 0 Å². The van der Waals surface area contributed by atoms with Crippen molar-refractivity contribution in [1.82, 2.24) is 10.2 Å². The molecule has 2 rings (SSSR count). The van der Waals surface area contributed by atoms with Crippen molar-refractivity contribution in [2.75, 3.05) is 27.2 Å². The lowest BCUT2D eigenvalue weighted by Crippen LogP contribution is -2.27. The Labute approximate surface area is 145 Å². The number of carbonyl (C=O) groups is 1. The van der Waals surface area contributed by atoms with Crippen molar-refractivity contribution in [3.05, 3.63) is 59.7 Å². The van der Waals surface area contributed by atoms with Crippen LogP contribution in [0.4, 0.5) is 0 Å². The Hall–Kier alpha value is -2.13. The van der Waals surface area contributed by atoms with E-state index in [1.165, 1.54) is 11.1 Å². The molecule has 0 aromatic heterocycles. The van der Waals surface area contributed by atoms with Gasteiger partial charge in [-0.2, -0.15) is 0 Å². The Balaban J connectivity index is 1.95. The van der Waals surface area contributed by atoms with Crippen molar-refractivity contribution in [3.63, 3.8) is 0 Å². The average Bonchev–Trinajstić information content (AvgIpc) is 2.58. The molecule has 0 saturated carbocycles. The lowest BCUT2D eigenvalue weighted by molar-refractivity contribution is 0.0952. The van der Waals surface area contributed by atoms with Gasteiger partial charge < -0.3 is 10.2 Å². The lowest BCUT2D eigenvalue weighted by Gasteiger charge is -2.10. The molecule has 3 nitrogen and oxygen atoms in total. The van der Waals surface area contributed by atoms with E-state index in [0.29, 0.717) is 18.0 Å². The Morgan fingerprint density at radius 1 is 0.958 bits per heavy atom. The highest BCUT2D eigenvalue weighted by molar-refractivity contribution is 5.94. The van der Waals surface area contributed by atoms with Gasteiger partial charge in [-0.25, -0.2) is 0 Å². The lowest BCUT2D eigenvalue weighted by atomic mass is 9.98. The van der Waals surface area contributed by atoms with Crippen LogP contribution in [0, 0.1) is 0 Å². The van der Waals surface area contributed by atoms with Crippen LogP contribution in [0.5, 0.6) is 0 Å². The Morgan fingerprint density at radius 2 is 1.50 bits per heavy atom. The third-order valence-electron chi connectivity index (χ3n) is 4.13. The number of amides is 1. The van der Waals surface area contributed by atoms with Crippen LogP contribution in [-0.4, -0.2) is 38.0 Å². The van der Waals surface area contributed by atoms with E-state index in [9.17, 15) is 4.79 Å². The van der Waals surface area contributed by atoms with Gasteiger partial charge in [0.2, 0.25) is 0 Å². The predicted molar refractivity (Wildman–Crippen MR) is 101 cm³/mol. The molecule has 2 aromatic rings. The minimum atomic E-state index is -0.00420. The van der Waals surface area contributed by atoms with Crippen LogP contribution in [0.3, 0.4) is 0 Å². The van der Waals surface area contributed by atoms with Crippen molar-refractivity contribution >= 4 is 5.91 Å². The fraction of sp³-hybridized carbons (Fsp3) is 0.381. The summed E-state index contributed by atoms with van der Waals surface area (Å²) in [5.41, 5.74) is 4.36. The smallest absolute Gasteiger partial charge is 0.251 e. The highest BCUT2D eigenvalue weighted by Gasteiger charge is 2.06. The number of hydrogen-bond acceptors (Lipinski definition) is 2. The summed E-state index contributed by atoms with van der Waals surface area (Å²) in [6, 6.07) is 16.5. The first kappa shape index (κ1) is 18.2. The summed E-state index contributed by atoms with van der Waals surface area (Å²) in [4.78, 5) is 14.2. The van der Waals surface area contributed by atoms with Crippen LogP contribution in [0.1, 0.15) is 42.1 Å². The number of rotatable bonds is 7. The Morgan fingerprint density at radius 3 is 2.00 bits per heavy atom. The van der Waals surface area contributed by atoms with Gasteiger partial charge in [0.1, 0.15) is 0 Å². The largest absolute Gasteiger partial charge is 0.352 e. The molecule has 0 atom stereocenters. The maximum Gasteiger partial charge on any atom is 0.251 e. The fourth-order valence-corrected chi connectivity index (χ4v) is 2.57. The van der Waals surface area contributed by atoms with E-state index < -0.39 is 0 Å². The van der Waals surface area contributed by atoms with Crippen LogP contribution in [0.25, 0.3) is 11.1 Å². The second-order valence-electron chi connectivity index (χ2n) is 6.77. The van der Waals surface area contributed by atoms with Crippen molar-refractivity contribution in [1.29, 1.82) is 0 Å². The molecule has 2 aromatic carbocycles. The zero-order chi connectivity index (χ0) is 17.5. The minimum Gasteiger partial charge on any atom is -0.352 e. The Kier molecular flexibility index (Phi) is 6.56. The molecule has 1 amide bonds. The molecule has 128 valence electrons. The van der Waals surface area contributed by atoms with Crippen molar-refractivity contribution in [3.8, 4) is 11.1 Å². The molecule has 0 saturated heterocycles. The van der Waals surface area contributed by atoms with Crippen LogP contribution in [0.15, 0.2) is 48.5 Å². The van der Waals surface area contributed by atoms with Crippen LogP contribution in [0.2, 0.25) is 0 Å². The summed E-state index contributed by atoms with van der Waals surface area (Å²) in [7, 11) is 4.07. The molecule has 1 N–H and O–H groups in total. The summed E-state index contributed by atoms with van der Waals surface area (Å²) in [5, 5.41) is 2.97. The number of nitrogens with zero attached hydrogens (tertiary/aromatic N) is 1. The average molecular weight is 324 g/mol. The van der Waals surface area contributed by atoms with Crippen molar-refractivity contribution in [2.45, 2.75) is 26.2 Å². The second kappa shape index (κ2) is 8.65. The zero-order valence-electron chi connectivity index (χ0n) is 15.2. The predicted octanol–water partition coefficient (Wildman–Crippen LogP) is 4.16. The molecular formula is C21H28N2O.